The number of amides is 2. The number of nitrogens with one attached hydrogen (secondary N) is 1. The SMILES string of the molecule is Cc1cc(C(C)N2Cc3c(ccnc3C(=O)NCC(C)O)C2=O)cnc1OCC(F)(F)F. The monoisotopic (exact) mass is 452 g/mol. The molecule has 0 radical (unpaired) electrons. The first-order chi connectivity index (χ1) is 15.0. The summed E-state index contributed by atoms with van der Waals surface area (Å²) in [6, 6.07) is 2.69. The Kier molecular flexibility index (Phi) is 6.68. The molecule has 3 rings (SSSR count). The molecular formula is C21H23F3N4O4. The van der Waals surface area contributed by atoms with Gasteiger partial charge in [-0.15, -0.1) is 0 Å². The average molecular weight is 452 g/mol. The number of carbonyl (C=O) groups excluding carboxylic acids is 2. The second-order valence-electron chi connectivity index (χ2n) is 7.65. The number of hydrogen-bond donors (Lipinski definition) is 2. The molecule has 172 valence electrons. The maximum atomic E-state index is 13.0. The third-order valence-electron chi connectivity index (χ3n) is 5.02. The second kappa shape index (κ2) is 9.11. The van der Waals surface area contributed by atoms with Gasteiger partial charge in [0.05, 0.1) is 12.1 Å². The Bertz CT molecular complexity index is 1030. The quantitative estimate of drug-likeness (QED) is 0.669. The van der Waals surface area contributed by atoms with Crippen LogP contribution in [0.15, 0.2) is 24.5 Å². The van der Waals surface area contributed by atoms with E-state index >= 15 is 0 Å². The molecule has 1 aliphatic heterocycles. The third-order valence-corrected chi connectivity index (χ3v) is 5.02. The van der Waals surface area contributed by atoms with Crippen LogP contribution < -0.4 is 10.1 Å². The molecule has 2 N–H and O–H groups in total. The first-order valence-corrected chi connectivity index (χ1v) is 9.89. The van der Waals surface area contributed by atoms with E-state index in [2.05, 4.69) is 15.3 Å². The van der Waals surface area contributed by atoms with Gasteiger partial charge in [0, 0.05) is 42.2 Å². The Hall–Kier alpha value is -3.21. The molecule has 2 amide bonds. The molecule has 2 aromatic rings. The van der Waals surface area contributed by atoms with Gasteiger partial charge in [-0.25, -0.2) is 4.98 Å². The van der Waals surface area contributed by atoms with Crippen LogP contribution in [0.4, 0.5) is 13.2 Å². The number of pyridine rings is 2. The summed E-state index contributed by atoms with van der Waals surface area (Å²) in [5.41, 5.74) is 1.95. The molecule has 2 atom stereocenters. The Morgan fingerprint density at radius 2 is 2.06 bits per heavy atom. The number of nitrogens with zero attached hydrogens (tertiary/aromatic N) is 3. The van der Waals surface area contributed by atoms with Crippen molar-refractivity contribution < 1.29 is 32.6 Å². The van der Waals surface area contributed by atoms with Crippen molar-refractivity contribution in [2.75, 3.05) is 13.2 Å². The first-order valence-electron chi connectivity index (χ1n) is 9.89. The lowest BCUT2D eigenvalue weighted by atomic mass is 10.1. The third kappa shape index (κ3) is 5.16. The fourth-order valence-electron chi connectivity index (χ4n) is 3.38. The van der Waals surface area contributed by atoms with Gasteiger partial charge in [0.25, 0.3) is 11.8 Å². The number of aryl methyl sites for hydroxylation is 1. The highest BCUT2D eigenvalue weighted by atomic mass is 19.4. The van der Waals surface area contributed by atoms with Crippen molar-refractivity contribution in [3.63, 3.8) is 0 Å². The Morgan fingerprint density at radius 3 is 2.69 bits per heavy atom. The van der Waals surface area contributed by atoms with Gasteiger partial charge in [0.15, 0.2) is 6.61 Å². The van der Waals surface area contributed by atoms with Crippen LogP contribution in [0.5, 0.6) is 5.88 Å². The summed E-state index contributed by atoms with van der Waals surface area (Å²) < 4.78 is 41.9. The number of rotatable bonds is 7. The molecule has 1 aliphatic rings. The smallest absolute Gasteiger partial charge is 0.422 e. The topological polar surface area (TPSA) is 105 Å². The van der Waals surface area contributed by atoms with E-state index in [0.717, 1.165) is 0 Å². The summed E-state index contributed by atoms with van der Waals surface area (Å²) in [6.07, 6.45) is -2.46. The Balaban J connectivity index is 1.79. The van der Waals surface area contributed by atoms with Crippen LogP contribution in [0.1, 0.15) is 57.4 Å². The molecule has 0 spiro atoms. The van der Waals surface area contributed by atoms with Crippen molar-refractivity contribution in [2.45, 2.75) is 45.6 Å². The largest absolute Gasteiger partial charge is 0.468 e. The summed E-state index contributed by atoms with van der Waals surface area (Å²) in [4.78, 5) is 35.0. The summed E-state index contributed by atoms with van der Waals surface area (Å²) >= 11 is 0. The number of aliphatic hydroxyl groups is 1. The van der Waals surface area contributed by atoms with Gasteiger partial charge >= 0.3 is 6.18 Å². The van der Waals surface area contributed by atoms with Gasteiger partial charge in [-0.3, -0.25) is 14.6 Å². The summed E-state index contributed by atoms with van der Waals surface area (Å²) in [5, 5.41) is 11.9. The highest BCUT2D eigenvalue weighted by molar-refractivity contribution is 6.03. The maximum Gasteiger partial charge on any atom is 0.422 e. The van der Waals surface area contributed by atoms with E-state index in [-0.39, 0.29) is 30.6 Å². The van der Waals surface area contributed by atoms with Gasteiger partial charge in [0.1, 0.15) is 5.69 Å². The lowest BCUT2D eigenvalue weighted by Gasteiger charge is -2.25. The molecule has 0 saturated heterocycles. The van der Waals surface area contributed by atoms with Crippen molar-refractivity contribution in [1.29, 1.82) is 0 Å². The Morgan fingerprint density at radius 1 is 1.34 bits per heavy atom. The van der Waals surface area contributed by atoms with E-state index < -0.39 is 30.8 Å². The van der Waals surface area contributed by atoms with E-state index in [0.29, 0.717) is 22.3 Å². The highest BCUT2D eigenvalue weighted by Gasteiger charge is 2.35. The molecule has 0 bridgehead atoms. The van der Waals surface area contributed by atoms with Crippen molar-refractivity contribution in [3.05, 3.63) is 52.5 Å². The van der Waals surface area contributed by atoms with Crippen LogP contribution in [-0.2, 0) is 6.54 Å². The zero-order valence-electron chi connectivity index (χ0n) is 17.7. The number of halogens is 3. The molecule has 0 fully saturated rings. The van der Waals surface area contributed by atoms with Crippen molar-refractivity contribution in [3.8, 4) is 5.88 Å². The van der Waals surface area contributed by atoms with E-state index in [4.69, 9.17) is 4.74 Å². The number of ether oxygens (including phenoxy) is 1. The van der Waals surface area contributed by atoms with Crippen LogP contribution in [0.3, 0.4) is 0 Å². The number of alkyl halides is 3. The molecule has 0 aromatic carbocycles. The van der Waals surface area contributed by atoms with Gasteiger partial charge < -0.3 is 20.1 Å². The van der Waals surface area contributed by atoms with E-state index in [1.54, 1.807) is 19.9 Å². The fraction of sp³-hybridized carbons (Fsp3) is 0.429. The molecule has 0 saturated carbocycles. The zero-order chi connectivity index (χ0) is 23.6. The number of aromatic nitrogens is 2. The van der Waals surface area contributed by atoms with Crippen LogP contribution in [0, 0.1) is 6.92 Å². The van der Waals surface area contributed by atoms with Crippen LogP contribution in [0.25, 0.3) is 0 Å². The second-order valence-corrected chi connectivity index (χ2v) is 7.65. The van der Waals surface area contributed by atoms with E-state index in [1.807, 2.05) is 0 Å². The fourth-order valence-corrected chi connectivity index (χ4v) is 3.38. The normalized spacial score (nSPS) is 15.3. The van der Waals surface area contributed by atoms with Crippen LogP contribution in [0.2, 0.25) is 0 Å². The summed E-state index contributed by atoms with van der Waals surface area (Å²) in [7, 11) is 0. The van der Waals surface area contributed by atoms with Crippen LogP contribution in [-0.4, -0.2) is 57.2 Å². The highest BCUT2D eigenvalue weighted by Crippen LogP contribution is 2.33. The average Bonchev–Trinajstić information content (AvgIpc) is 3.06. The molecule has 3 heterocycles. The van der Waals surface area contributed by atoms with E-state index in [1.165, 1.54) is 30.3 Å². The molecule has 2 aromatic heterocycles. The molecule has 2 unspecified atom stereocenters. The number of fused-ring (bicyclic) bond motifs is 1. The van der Waals surface area contributed by atoms with Crippen molar-refractivity contribution in [1.82, 2.24) is 20.2 Å². The molecular weight excluding hydrogens is 429 g/mol. The van der Waals surface area contributed by atoms with Gasteiger partial charge in [0.2, 0.25) is 5.88 Å². The van der Waals surface area contributed by atoms with Crippen LogP contribution >= 0.6 is 0 Å². The zero-order valence-corrected chi connectivity index (χ0v) is 17.7. The number of aliphatic hydroxyl groups excluding tert-OH is 1. The van der Waals surface area contributed by atoms with Gasteiger partial charge in [-0.2, -0.15) is 13.2 Å². The molecule has 8 nitrogen and oxygen atoms in total. The standard InChI is InChI=1S/C21H23F3N4O4/c1-11-6-14(8-27-19(11)32-10-21(22,23)24)13(3)28-9-16-15(20(28)31)4-5-25-17(16)18(30)26-7-12(2)29/h4-6,8,12-13,29H,7,9-10H2,1-3H3,(H,26,30). The minimum atomic E-state index is -4.47. The molecule has 32 heavy (non-hydrogen) atoms. The van der Waals surface area contributed by atoms with E-state index in [9.17, 15) is 27.9 Å². The van der Waals surface area contributed by atoms with Gasteiger partial charge in [-0.1, -0.05) is 0 Å². The predicted molar refractivity (Wildman–Crippen MR) is 107 cm³/mol. The minimum absolute atomic E-state index is 0.0476. The van der Waals surface area contributed by atoms with Gasteiger partial charge in [-0.05, 0) is 38.5 Å². The lowest BCUT2D eigenvalue weighted by molar-refractivity contribution is -0.154. The first kappa shape index (κ1) is 23.5. The summed E-state index contributed by atoms with van der Waals surface area (Å²) in [6.45, 7) is 3.60. The molecule has 0 aliphatic carbocycles. The maximum absolute atomic E-state index is 13.0. The molecule has 11 heteroatoms. The van der Waals surface area contributed by atoms with Crippen molar-refractivity contribution in [2.24, 2.45) is 0 Å². The minimum Gasteiger partial charge on any atom is -0.468 e. The Labute approximate surface area is 182 Å². The number of carbonyl (C=O) groups is 2. The van der Waals surface area contributed by atoms with Crippen molar-refractivity contribution >= 4 is 11.8 Å². The summed E-state index contributed by atoms with van der Waals surface area (Å²) in [5.74, 6) is -0.918. The predicted octanol–water partition coefficient (Wildman–Crippen LogP) is 2.55. The number of hydrogen-bond acceptors (Lipinski definition) is 6. The lowest BCUT2D eigenvalue weighted by Crippen LogP contribution is -2.32.